The van der Waals surface area contributed by atoms with Crippen LogP contribution in [0.15, 0.2) is 85.3 Å². The standard InChI is InChI=1S/C26H27N3O2/c1-26(2,31-25(27)30)22(17-19-7-4-3-5-8-19)18-21-10-6-9-20-13-16-29(24(20)21)23-11-14-28-15-12-23/h3-16,22H,17-18H2,1-2H3,(H2,27,30). The molecular formula is C26H27N3O2. The van der Waals surface area contributed by atoms with E-state index in [9.17, 15) is 4.79 Å². The number of carbonyl (C=O) groups is 1. The van der Waals surface area contributed by atoms with Crippen LogP contribution in [0.1, 0.15) is 25.0 Å². The largest absolute Gasteiger partial charge is 0.443 e. The zero-order chi connectivity index (χ0) is 21.8. The fourth-order valence-electron chi connectivity index (χ4n) is 4.22. The van der Waals surface area contributed by atoms with E-state index in [2.05, 4.69) is 52.1 Å². The number of fused-ring (bicyclic) bond motifs is 1. The summed E-state index contributed by atoms with van der Waals surface area (Å²) in [6, 6.07) is 22.7. The van der Waals surface area contributed by atoms with Gasteiger partial charge in [-0.25, -0.2) is 4.79 Å². The van der Waals surface area contributed by atoms with E-state index in [1.165, 1.54) is 16.5 Å². The SMILES string of the molecule is CC(C)(OC(N)=O)C(Cc1ccccc1)Cc1cccc2ccn(-c3ccncc3)c12. The lowest BCUT2D eigenvalue weighted by molar-refractivity contribution is -0.00132. The van der Waals surface area contributed by atoms with E-state index in [4.69, 9.17) is 10.5 Å². The Bertz CT molecular complexity index is 1170. The van der Waals surface area contributed by atoms with Crippen molar-refractivity contribution in [3.8, 4) is 5.69 Å². The van der Waals surface area contributed by atoms with E-state index >= 15 is 0 Å². The van der Waals surface area contributed by atoms with Gasteiger partial charge in [-0.1, -0.05) is 48.5 Å². The van der Waals surface area contributed by atoms with E-state index in [1.54, 1.807) is 12.4 Å². The molecule has 2 aromatic carbocycles. The fraction of sp³-hybridized carbons (Fsp3) is 0.231. The zero-order valence-corrected chi connectivity index (χ0v) is 17.9. The Morgan fingerprint density at radius 2 is 1.74 bits per heavy atom. The van der Waals surface area contributed by atoms with Gasteiger partial charge in [0.25, 0.3) is 0 Å². The molecule has 1 unspecified atom stereocenters. The van der Waals surface area contributed by atoms with Crippen molar-refractivity contribution in [2.75, 3.05) is 0 Å². The molecule has 0 saturated heterocycles. The summed E-state index contributed by atoms with van der Waals surface area (Å²) in [7, 11) is 0. The van der Waals surface area contributed by atoms with Gasteiger partial charge in [0, 0.05) is 35.6 Å². The number of nitrogens with two attached hydrogens (primary N) is 1. The van der Waals surface area contributed by atoms with Crippen molar-refractivity contribution in [2.45, 2.75) is 32.3 Å². The van der Waals surface area contributed by atoms with Crippen LogP contribution < -0.4 is 5.73 Å². The monoisotopic (exact) mass is 413 g/mol. The van der Waals surface area contributed by atoms with Gasteiger partial charge < -0.3 is 15.0 Å². The van der Waals surface area contributed by atoms with Gasteiger partial charge in [-0.3, -0.25) is 4.98 Å². The van der Waals surface area contributed by atoms with Gasteiger partial charge in [0.05, 0.1) is 5.52 Å². The zero-order valence-electron chi connectivity index (χ0n) is 17.9. The molecule has 0 aliphatic carbocycles. The first-order chi connectivity index (χ1) is 14.9. The Balaban J connectivity index is 1.76. The van der Waals surface area contributed by atoms with Crippen molar-refractivity contribution < 1.29 is 9.53 Å². The average Bonchev–Trinajstić information content (AvgIpc) is 3.19. The minimum atomic E-state index is -0.749. The second-order valence-corrected chi connectivity index (χ2v) is 8.36. The van der Waals surface area contributed by atoms with Crippen molar-refractivity contribution >= 4 is 17.0 Å². The summed E-state index contributed by atoms with van der Waals surface area (Å²) in [6.45, 7) is 3.88. The van der Waals surface area contributed by atoms with Gasteiger partial charge >= 0.3 is 6.09 Å². The summed E-state index contributed by atoms with van der Waals surface area (Å²) >= 11 is 0. The number of pyridine rings is 1. The molecule has 1 amide bonds. The number of hydrogen-bond donors (Lipinski definition) is 1. The summed E-state index contributed by atoms with van der Waals surface area (Å²) < 4.78 is 7.76. The van der Waals surface area contributed by atoms with Gasteiger partial charge in [0.1, 0.15) is 5.60 Å². The second-order valence-electron chi connectivity index (χ2n) is 8.36. The molecule has 0 spiro atoms. The van der Waals surface area contributed by atoms with Crippen LogP contribution in [-0.4, -0.2) is 21.2 Å². The summed E-state index contributed by atoms with van der Waals surface area (Å²) in [6.07, 6.45) is 6.44. The van der Waals surface area contributed by atoms with Crippen LogP contribution in [-0.2, 0) is 17.6 Å². The molecular weight excluding hydrogens is 386 g/mol. The number of primary amides is 1. The summed E-state index contributed by atoms with van der Waals surface area (Å²) in [5.41, 5.74) is 9.29. The third-order valence-corrected chi connectivity index (χ3v) is 5.87. The first-order valence-corrected chi connectivity index (χ1v) is 10.5. The molecule has 0 saturated carbocycles. The number of nitrogens with zero attached hydrogens (tertiary/aromatic N) is 2. The Morgan fingerprint density at radius 3 is 2.45 bits per heavy atom. The maximum absolute atomic E-state index is 11.6. The highest BCUT2D eigenvalue weighted by Gasteiger charge is 2.33. The van der Waals surface area contributed by atoms with E-state index in [-0.39, 0.29) is 5.92 Å². The van der Waals surface area contributed by atoms with E-state index in [0.717, 1.165) is 24.0 Å². The lowest BCUT2D eigenvalue weighted by Gasteiger charge is -2.34. The van der Waals surface area contributed by atoms with Gasteiger partial charge in [0.15, 0.2) is 0 Å². The maximum atomic E-state index is 11.6. The highest BCUT2D eigenvalue weighted by Crippen LogP contribution is 2.32. The molecule has 0 aliphatic rings. The predicted octanol–water partition coefficient (Wildman–Crippen LogP) is 5.30. The number of rotatable bonds is 7. The van der Waals surface area contributed by atoms with Crippen molar-refractivity contribution in [3.05, 3.63) is 96.4 Å². The number of hydrogen-bond acceptors (Lipinski definition) is 3. The van der Waals surface area contributed by atoms with Gasteiger partial charge in [-0.05, 0) is 56.0 Å². The first-order valence-electron chi connectivity index (χ1n) is 10.5. The average molecular weight is 414 g/mol. The molecule has 2 N–H and O–H groups in total. The number of aromatic nitrogens is 2. The third kappa shape index (κ3) is 4.61. The first kappa shape index (κ1) is 20.7. The molecule has 4 rings (SSSR count). The van der Waals surface area contributed by atoms with Crippen molar-refractivity contribution in [1.82, 2.24) is 9.55 Å². The van der Waals surface area contributed by atoms with Gasteiger partial charge in [-0.2, -0.15) is 0 Å². The van der Waals surface area contributed by atoms with Crippen LogP contribution in [0, 0.1) is 5.92 Å². The van der Waals surface area contributed by atoms with Crippen LogP contribution >= 0.6 is 0 Å². The molecule has 0 radical (unpaired) electrons. The quantitative estimate of drug-likeness (QED) is 0.447. The number of para-hydroxylation sites is 1. The minimum Gasteiger partial charge on any atom is -0.443 e. The molecule has 2 heterocycles. The highest BCUT2D eigenvalue weighted by atomic mass is 16.6. The number of benzene rings is 2. The molecule has 2 aromatic heterocycles. The number of amides is 1. The molecule has 0 aliphatic heterocycles. The molecule has 1 atom stereocenters. The summed E-state index contributed by atoms with van der Waals surface area (Å²) in [5, 5.41) is 1.17. The lowest BCUT2D eigenvalue weighted by Crippen LogP contribution is -2.40. The second kappa shape index (κ2) is 8.64. The Morgan fingerprint density at radius 1 is 1.00 bits per heavy atom. The molecule has 158 valence electrons. The molecule has 0 bridgehead atoms. The maximum Gasteiger partial charge on any atom is 0.405 e. The molecule has 5 heteroatoms. The topological polar surface area (TPSA) is 70.1 Å². The fourth-order valence-corrected chi connectivity index (χ4v) is 4.22. The van der Waals surface area contributed by atoms with E-state index in [1.807, 2.05) is 44.2 Å². The predicted molar refractivity (Wildman–Crippen MR) is 123 cm³/mol. The molecule has 0 fully saturated rings. The molecule has 4 aromatic rings. The van der Waals surface area contributed by atoms with Crippen molar-refractivity contribution in [2.24, 2.45) is 11.7 Å². The number of ether oxygens (including phenoxy) is 1. The van der Waals surface area contributed by atoms with Crippen LogP contribution in [0.2, 0.25) is 0 Å². The van der Waals surface area contributed by atoms with E-state index in [0.29, 0.717) is 0 Å². The normalized spacial score (nSPS) is 12.6. The van der Waals surface area contributed by atoms with Crippen LogP contribution in [0.5, 0.6) is 0 Å². The summed E-state index contributed by atoms with van der Waals surface area (Å²) in [5.74, 6) is 0.0359. The van der Waals surface area contributed by atoms with Gasteiger partial charge in [-0.15, -0.1) is 0 Å². The third-order valence-electron chi connectivity index (χ3n) is 5.87. The van der Waals surface area contributed by atoms with Gasteiger partial charge in [0.2, 0.25) is 0 Å². The van der Waals surface area contributed by atoms with Crippen LogP contribution in [0.3, 0.4) is 0 Å². The minimum absolute atomic E-state index is 0.0359. The molecule has 5 nitrogen and oxygen atoms in total. The highest BCUT2D eigenvalue weighted by molar-refractivity contribution is 5.85. The Hall–Kier alpha value is -3.60. The molecule has 31 heavy (non-hydrogen) atoms. The Kier molecular flexibility index (Phi) is 5.76. The van der Waals surface area contributed by atoms with E-state index < -0.39 is 11.7 Å². The summed E-state index contributed by atoms with van der Waals surface area (Å²) in [4.78, 5) is 15.8. The van der Waals surface area contributed by atoms with Crippen molar-refractivity contribution in [1.29, 1.82) is 0 Å². The Labute approximate surface area is 182 Å². The lowest BCUT2D eigenvalue weighted by atomic mass is 9.80. The van der Waals surface area contributed by atoms with Crippen molar-refractivity contribution in [3.63, 3.8) is 0 Å². The smallest absolute Gasteiger partial charge is 0.405 e. The van der Waals surface area contributed by atoms with Crippen LogP contribution in [0.25, 0.3) is 16.6 Å². The number of carbonyl (C=O) groups excluding carboxylic acids is 1. The van der Waals surface area contributed by atoms with Crippen LogP contribution in [0.4, 0.5) is 4.79 Å².